The van der Waals surface area contributed by atoms with Crippen molar-refractivity contribution in [3.05, 3.63) is 17.0 Å². The summed E-state index contributed by atoms with van der Waals surface area (Å²) in [6.07, 6.45) is 0.604. The lowest BCUT2D eigenvalue weighted by Crippen LogP contribution is -2.28. The summed E-state index contributed by atoms with van der Waals surface area (Å²) < 4.78 is 34.0. The maximum atomic E-state index is 11.0. The summed E-state index contributed by atoms with van der Waals surface area (Å²) in [5.74, 6) is 0.752. The highest BCUT2D eigenvalue weighted by molar-refractivity contribution is 7.84. The molecule has 1 aromatic rings. The highest BCUT2D eigenvalue weighted by atomic mass is 32.2. The summed E-state index contributed by atoms with van der Waals surface area (Å²) in [4.78, 5) is 11.0. The molecule has 0 saturated carbocycles. The van der Waals surface area contributed by atoms with Crippen molar-refractivity contribution in [1.82, 2.24) is 0 Å². The molecular weight excluding hydrogens is 234 g/mol. The first-order valence-corrected chi connectivity index (χ1v) is 6.24. The van der Waals surface area contributed by atoms with Gasteiger partial charge in [0, 0.05) is 20.1 Å². The first kappa shape index (κ1) is 14.8. The first-order valence-electron chi connectivity index (χ1n) is 4.42. The van der Waals surface area contributed by atoms with Crippen molar-refractivity contribution in [2.75, 3.05) is 6.26 Å². The average molecular weight is 249 g/mol. The molecule has 0 bridgehead atoms. The molecule has 0 aliphatic carbocycles. The normalized spacial score (nSPS) is 10.6. The monoisotopic (exact) mass is 249 g/mol. The zero-order valence-electron chi connectivity index (χ0n) is 9.90. The fourth-order valence-electron chi connectivity index (χ4n) is 1.23. The van der Waals surface area contributed by atoms with E-state index in [1.54, 1.807) is 25.6 Å². The summed E-state index contributed by atoms with van der Waals surface area (Å²) in [6, 6.07) is 0. The van der Waals surface area contributed by atoms with E-state index in [9.17, 15) is 4.79 Å². The molecule has 0 unspecified atom stereocenters. The lowest BCUT2D eigenvalue weighted by atomic mass is 10.1. The molecular formula is C9H15NO5S. The van der Waals surface area contributed by atoms with Crippen molar-refractivity contribution >= 4 is 15.9 Å². The van der Waals surface area contributed by atoms with E-state index in [4.69, 9.17) is 17.5 Å². The fourth-order valence-corrected chi connectivity index (χ4v) is 1.23. The number of aryl methyl sites for hydroxylation is 2. The second kappa shape index (κ2) is 5.22. The molecule has 0 N–H and O–H groups in total. The number of rotatable bonds is 1. The summed E-state index contributed by atoms with van der Waals surface area (Å²) in [6.45, 7) is 5.21. The number of aromatic nitrogens is 1. The van der Waals surface area contributed by atoms with Crippen molar-refractivity contribution in [2.24, 2.45) is 7.05 Å². The smallest absolute Gasteiger partial charge is 0.239 e. The first-order chi connectivity index (χ1) is 7.04. The minimum atomic E-state index is -3.92. The minimum absolute atomic E-state index is 0.0596. The second-order valence-electron chi connectivity index (χ2n) is 3.37. The Bertz CT molecular complexity index is 478. The Morgan fingerprint density at radius 1 is 1.38 bits per heavy atom. The number of carbonyl (C=O) groups is 1. The second-order valence-corrected chi connectivity index (χ2v) is 4.77. The zero-order chi connectivity index (χ0) is 13.1. The van der Waals surface area contributed by atoms with E-state index in [0.717, 1.165) is 5.69 Å². The molecule has 0 aromatic carbocycles. The molecule has 0 aliphatic heterocycles. The van der Waals surface area contributed by atoms with Gasteiger partial charge in [-0.1, -0.05) is 0 Å². The van der Waals surface area contributed by atoms with Gasteiger partial charge >= 0.3 is 0 Å². The predicted molar refractivity (Wildman–Crippen MR) is 55.0 cm³/mol. The van der Waals surface area contributed by atoms with E-state index in [1.165, 1.54) is 0 Å². The Morgan fingerprint density at radius 3 is 1.88 bits per heavy atom. The Hall–Kier alpha value is -1.21. The Morgan fingerprint density at radius 2 is 1.75 bits per heavy atom. The van der Waals surface area contributed by atoms with Crippen molar-refractivity contribution in [3.8, 4) is 0 Å². The van der Waals surface area contributed by atoms with E-state index < -0.39 is 10.1 Å². The van der Waals surface area contributed by atoms with Crippen LogP contribution in [0.4, 0.5) is 0 Å². The number of Topliss-reactive ketones (excluding diaryl/α,β-unsaturated/α-hetero) is 1. The van der Waals surface area contributed by atoms with Crippen LogP contribution >= 0.6 is 0 Å². The van der Waals surface area contributed by atoms with E-state index in [0.29, 0.717) is 17.6 Å². The van der Waals surface area contributed by atoms with Crippen LogP contribution in [-0.2, 0) is 17.2 Å². The summed E-state index contributed by atoms with van der Waals surface area (Å²) in [5.41, 5.74) is 1.59. The zero-order valence-corrected chi connectivity index (χ0v) is 10.7. The highest BCUT2D eigenvalue weighted by Crippen LogP contribution is 2.10. The van der Waals surface area contributed by atoms with Gasteiger partial charge in [-0.15, -0.1) is 0 Å². The van der Waals surface area contributed by atoms with Gasteiger partial charge in [-0.2, -0.15) is 0 Å². The minimum Gasteiger partial charge on any atom is -0.748 e. The molecule has 0 fully saturated rings. The average Bonchev–Trinajstić information content (AvgIpc) is 2.22. The third kappa shape index (κ3) is 5.04. The van der Waals surface area contributed by atoms with Crippen LogP contribution < -0.4 is 4.74 Å². The van der Waals surface area contributed by atoms with Crippen LogP contribution in [0.15, 0.2) is 4.52 Å². The molecule has 92 valence electrons. The summed E-state index contributed by atoms with van der Waals surface area (Å²) >= 11 is 0. The number of ketones is 1. The van der Waals surface area contributed by atoms with Crippen LogP contribution in [-0.4, -0.2) is 25.0 Å². The number of carbonyl (C=O) groups excluding carboxylic acids is 1. The standard InChI is InChI=1S/C8H12NO2.CH4O3S/c1-5-8(6(2)10)7(3)11-9(5)4;1-5(2,3)4/h1-4H3;1H3,(H,2,3,4)/q+1;/p-1. The van der Waals surface area contributed by atoms with Gasteiger partial charge in [0.05, 0.1) is 10.1 Å². The van der Waals surface area contributed by atoms with Crippen LogP contribution in [0, 0.1) is 13.8 Å². The molecule has 0 aliphatic rings. The predicted octanol–water partition coefficient (Wildman–Crippen LogP) is 0.0849. The van der Waals surface area contributed by atoms with Crippen molar-refractivity contribution in [2.45, 2.75) is 20.8 Å². The number of hydrogen-bond acceptors (Lipinski definition) is 5. The summed E-state index contributed by atoms with van der Waals surface area (Å²) in [7, 11) is -2.13. The molecule has 16 heavy (non-hydrogen) atoms. The van der Waals surface area contributed by atoms with Gasteiger partial charge in [-0.3, -0.25) is 4.79 Å². The van der Waals surface area contributed by atoms with E-state index in [1.807, 2.05) is 6.92 Å². The molecule has 0 amide bonds. The topological polar surface area (TPSA) is 91.3 Å². The van der Waals surface area contributed by atoms with E-state index in [-0.39, 0.29) is 5.78 Å². The van der Waals surface area contributed by atoms with Crippen LogP contribution in [0.1, 0.15) is 28.7 Å². The molecule has 0 atom stereocenters. The molecule has 1 rings (SSSR count). The Kier molecular flexibility index (Phi) is 4.82. The molecule has 0 saturated heterocycles. The van der Waals surface area contributed by atoms with Gasteiger partial charge in [0.1, 0.15) is 5.56 Å². The van der Waals surface area contributed by atoms with E-state index >= 15 is 0 Å². The van der Waals surface area contributed by atoms with Crippen LogP contribution in [0.3, 0.4) is 0 Å². The van der Waals surface area contributed by atoms with Crippen LogP contribution in [0.2, 0.25) is 0 Å². The van der Waals surface area contributed by atoms with Crippen molar-refractivity contribution < 1.29 is 27.0 Å². The molecule has 1 heterocycles. The highest BCUT2D eigenvalue weighted by Gasteiger charge is 2.21. The van der Waals surface area contributed by atoms with Gasteiger partial charge in [-0.25, -0.2) is 12.9 Å². The molecule has 7 heteroatoms. The third-order valence-electron chi connectivity index (χ3n) is 1.81. The lowest BCUT2D eigenvalue weighted by Gasteiger charge is -1.90. The van der Waals surface area contributed by atoms with Crippen LogP contribution in [0.5, 0.6) is 0 Å². The quantitative estimate of drug-likeness (QED) is 0.399. The molecule has 6 nitrogen and oxygen atoms in total. The number of nitrogens with zero attached hydrogens (tertiary/aromatic N) is 1. The maximum Gasteiger partial charge on any atom is 0.239 e. The maximum absolute atomic E-state index is 11.0. The van der Waals surface area contributed by atoms with Gasteiger partial charge in [0.25, 0.3) is 0 Å². The summed E-state index contributed by atoms with van der Waals surface area (Å²) in [5, 5.41) is 0. The van der Waals surface area contributed by atoms with E-state index in [2.05, 4.69) is 0 Å². The molecule has 0 radical (unpaired) electrons. The Balaban J connectivity index is 0.000000385. The largest absolute Gasteiger partial charge is 0.748 e. The lowest BCUT2D eigenvalue weighted by molar-refractivity contribution is -0.850. The van der Waals surface area contributed by atoms with Crippen LogP contribution in [0.25, 0.3) is 0 Å². The molecule has 1 aromatic heterocycles. The van der Waals surface area contributed by atoms with Crippen molar-refractivity contribution in [1.29, 1.82) is 0 Å². The molecule has 0 spiro atoms. The van der Waals surface area contributed by atoms with Gasteiger partial charge in [0.2, 0.25) is 5.69 Å². The fraction of sp³-hybridized carbons (Fsp3) is 0.556. The van der Waals surface area contributed by atoms with Crippen molar-refractivity contribution in [3.63, 3.8) is 0 Å². The Labute approximate surface area is 94.6 Å². The van der Waals surface area contributed by atoms with Gasteiger partial charge in [0.15, 0.2) is 18.6 Å². The number of hydrogen-bond donors (Lipinski definition) is 0. The SMILES string of the molecule is CC(=O)c1c(C)o[n+](C)c1C.CS(=O)(=O)[O-]. The van der Waals surface area contributed by atoms with Gasteiger partial charge < -0.3 is 4.55 Å². The van der Waals surface area contributed by atoms with Gasteiger partial charge in [-0.05, 0) is 11.7 Å². The third-order valence-corrected chi connectivity index (χ3v) is 1.81.